The molecular formula is C8H11NO3. The summed E-state index contributed by atoms with van der Waals surface area (Å²) in [6.07, 6.45) is 1.43. The highest BCUT2D eigenvalue weighted by molar-refractivity contribution is 5.60. The van der Waals surface area contributed by atoms with Crippen molar-refractivity contribution < 1.29 is 14.3 Å². The van der Waals surface area contributed by atoms with Crippen LogP contribution in [0, 0.1) is 11.3 Å². The van der Waals surface area contributed by atoms with Gasteiger partial charge in [-0.25, -0.2) is 4.79 Å². The minimum Gasteiger partial charge on any atom is -0.435 e. The lowest BCUT2D eigenvalue weighted by atomic mass is 10.3. The van der Waals surface area contributed by atoms with Gasteiger partial charge >= 0.3 is 6.16 Å². The summed E-state index contributed by atoms with van der Waals surface area (Å²) in [5.41, 5.74) is 0. The van der Waals surface area contributed by atoms with Gasteiger partial charge in [-0.3, -0.25) is 0 Å². The third kappa shape index (κ3) is 4.34. The van der Waals surface area contributed by atoms with Crippen LogP contribution in [0.2, 0.25) is 0 Å². The van der Waals surface area contributed by atoms with Crippen LogP contribution in [0.4, 0.5) is 4.79 Å². The summed E-state index contributed by atoms with van der Waals surface area (Å²) in [5.74, 6) is 0. The van der Waals surface area contributed by atoms with Crippen LogP contribution >= 0.6 is 0 Å². The zero-order chi connectivity index (χ0) is 9.40. The van der Waals surface area contributed by atoms with Crippen LogP contribution in [-0.4, -0.2) is 18.9 Å². The zero-order valence-corrected chi connectivity index (χ0v) is 7.11. The summed E-state index contributed by atoms with van der Waals surface area (Å²) in [5, 5.41) is 8.44. The van der Waals surface area contributed by atoms with Gasteiger partial charge in [-0.2, -0.15) is 5.26 Å². The Kier molecular flexibility index (Phi) is 5.45. The van der Waals surface area contributed by atoms with E-state index in [-0.39, 0.29) is 6.61 Å². The van der Waals surface area contributed by atoms with Crippen molar-refractivity contribution in [2.75, 3.05) is 6.61 Å². The molecule has 12 heavy (non-hydrogen) atoms. The maximum absolute atomic E-state index is 10.7. The molecule has 0 aromatic carbocycles. The second kappa shape index (κ2) is 6.23. The summed E-state index contributed by atoms with van der Waals surface area (Å²) in [7, 11) is 0. The molecule has 0 bridgehead atoms. The molecule has 0 radical (unpaired) electrons. The van der Waals surface area contributed by atoms with Crippen LogP contribution in [0.5, 0.6) is 0 Å². The molecule has 0 spiro atoms. The molecule has 0 N–H and O–H groups in total. The number of allylic oxidation sites excluding steroid dienone is 1. The first-order chi connectivity index (χ1) is 5.74. The number of carbonyl (C=O) groups excluding carboxylic acids is 1. The van der Waals surface area contributed by atoms with E-state index in [0.29, 0.717) is 0 Å². The number of rotatable bonds is 3. The van der Waals surface area contributed by atoms with Crippen molar-refractivity contribution in [3.05, 3.63) is 12.2 Å². The number of nitrogens with zero attached hydrogens (tertiary/aromatic N) is 1. The molecule has 0 aromatic heterocycles. The quantitative estimate of drug-likeness (QED) is 0.476. The monoisotopic (exact) mass is 169 g/mol. The molecule has 0 heterocycles. The summed E-state index contributed by atoms with van der Waals surface area (Å²) in [6.45, 7) is 3.64. The normalized spacial score (nSPS) is 12.1. The largest absolute Gasteiger partial charge is 0.509 e. The molecule has 0 aliphatic heterocycles. The molecule has 0 saturated carbocycles. The van der Waals surface area contributed by atoms with Crippen LogP contribution in [0.3, 0.4) is 0 Å². The molecule has 0 aliphatic carbocycles. The summed E-state index contributed by atoms with van der Waals surface area (Å²) < 4.78 is 9.05. The highest BCUT2D eigenvalue weighted by Crippen LogP contribution is 1.95. The van der Waals surface area contributed by atoms with Gasteiger partial charge in [0.15, 0.2) is 0 Å². The lowest BCUT2D eigenvalue weighted by molar-refractivity contribution is 0.0535. The second-order valence-electron chi connectivity index (χ2n) is 1.88. The molecule has 0 amide bonds. The van der Waals surface area contributed by atoms with E-state index in [9.17, 15) is 4.79 Å². The Morgan fingerprint density at radius 3 is 2.83 bits per heavy atom. The maximum atomic E-state index is 10.7. The number of ether oxygens (including phenoxy) is 2. The van der Waals surface area contributed by atoms with Crippen molar-refractivity contribution in [1.29, 1.82) is 5.26 Å². The Morgan fingerprint density at radius 1 is 1.75 bits per heavy atom. The maximum Gasteiger partial charge on any atom is 0.509 e. The predicted molar refractivity (Wildman–Crippen MR) is 42.3 cm³/mol. The van der Waals surface area contributed by atoms with Crippen LogP contribution in [-0.2, 0) is 9.47 Å². The molecule has 66 valence electrons. The lowest BCUT2D eigenvalue weighted by Crippen LogP contribution is -2.15. The van der Waals surface area contributed by atoms with Gasteiger partial charge in [0.1, 0.15) is 6.07 Å². The molecule has 0 saturated heterocycles. The first-order valence-corrected chi connectivity index (χ1v) is 3.60. The van der Waals surface area contributed by atoms with Gasteiger partial charge in [0.25, 0.3) is 0 Å². The molecule has 0 aromatic rings. The van der Waals surface area contributed by atoms with Crippen molar-refractivity contribution in [1.82, 2.24) is 0 Å². The fourth-order valence-electron chi connectivity index (χ4n) is 0.539. The van der Waals surface area contributed by atoms with E-state index in [0.717, 1.165) is 0 Å². The van der Waals surface area contributed by atoms with E-state index in [1.807, 2.05) is 0 Å². The number of nitriles is 1. The zero-order valence-electron chi connectivity index (χ0n) is 7.11. The van der Waals surface area contributed by atoms with Crippen LogP contribution in [0.25, 0.3) is 0 Å². The second-order valence-corrected chi connectivity index (χ2v) is 1.88. The summed E-state index contributed by atoms with van der Waals surface area (Å²) in [6, 6.07) is 1.78. The minimum atomic E-state index is -0.853. The van der Waals surface area contributed by atoms with E-state index in [2.05, 4.69) is 9.47 Å². The Hall–Kier alpha value is -1.50. The van der Waals surface area contributed by atoms with Crippen LogP contribution in [0.15, 0.2) is 12.2 Å². The van der Waals surface area contributed by atoms with Crippen molar-refractivity contribution in [2.45, 2.75) is 20.0 Å². The first-order valence-electron chi connectivity index (χ1n) is 3.60. The van der Waals surface area contributed by atoms with E-state index < -0.39 is 12.3 Å². The third-order valence-electron chi connectivity index (χ3n) is 0.980. The Bertz CT molecular complexity index is 205. The van der Waals surface area contributed by atoms with Crippen molar-refractivity contribution in [3.63, 3.8) is 0 Å². The van der Waals surface area contributed by atoms with Crippen molar-refractivity contribution in [2.24, 2.45) is 0 Å². The standard InChI is InChI=1S/C8H11NO3/c1-3-5-7(6-9)12-8(10)11-4-2/h3,5,7H,4H2,1-2H3/b5-3+/t7-/m0/s1. The van der Waals surface area contributed by atoms with Crippen LogP contribution < -0.4 is 0 Å². The van der Waals surface area contributed by atoms with E-state index >= 15 is 0 Å². The summed E-state index contributed by atoms with van der Waals surface area (Å²) in [4.78, 5) is 10.7. The molecule has 0 fully saturated rings. The van der Waals surface area contributed by atoms with E-state index in [1.54, 1.807) is 26.0 Å². The molecule has 0 unspecified atom stereocenters. The van der Waals surface area contributed by atoms with Crippen molar-refractivity contribution >= 4 is 6.16 Å². The Labute approximate surface area is 71.4 Å². The van der Waals surface area contributed by atoms with E-state index in [1.165, 1.54) is 6.08 Å². The van der Waals surface area contributed by atoms with Gasteiger partial charge < -0.3 is 9.47 Å². The Morgan fingerprint density at radius 2 is 2.42 bits per heavy atom. The average Bonchev–Trinajstić information content (AvgIpc) is 2.04. The highest BCUT2D eigenvalue weighted by Gasteiger charge is 2.09. The topological polar surface area (TPSA) is 59.3 Å². The highest BCUT2D eigenvalue weighted by atomic mass is 16.7. The van der Waals surface area contributed by atoms with Crippen molar-refractivity contribution in [3.8, 4) is 6.07 Å². The smallest absolute Gasteiger partial charge is 0.435 e. The minimum absolute atomic E-state index is 0.243. The average molecular weight is 169 g/mol. The first kappa shape index (κ1) is 10.5. The van der Waals surface area contributed by atoms with Gasteiger partial charge in [0.2, 0.25) is 6.10 Å². The number of carbonyl (C=O) groups is 1. The SMILES string of the molecule is C/C=C/[C@@H](C#N)OC(=O)OCC. The summed E-state index contributed by atoms with van der Waals surface area (Å²) >= 11 is 0. The predicted octanol–water partition coefficient (Wildman–Crippen LogP) is 1.63. The molecule has 0 rings (SSSR count). The molecule has 0 aliphatic rings. The Balaban J connectivity index is 3.87. The molecular weight excluding hydrogens is 158 g/mol. The molecule has 4 heteroatoms. The number of hydrogen-bond donors (Lipinski definition) is 0. The fraction of sp³-hybridized carbons (Fsp3) is 0.500. The lowest BCUT2D eigenvalue weighted by Gasteiger charge is -2.05. The molecule has 4 nitrogen and oxygen atoms in total. The fourth-order valence-corrected chi connectivity index (χ4v) is 0.539. The van der Waals surface area contributed by atoms with Gasteiger partial charge in [0, 0.05) is 0 Å². The van der Waals surface area contributed by atoms with E-state index in [4.69, 9.17) is 5.26 Å². The van der Waals surface area contributed by atoms with Gasteiger partial charge in [0.05, 0.1) is 6.61 Å². The van der Waals surface area contributed by atoms with Crippen LogP contribution in [0.1, 0.15) is 13.8 Å². The molecule has 1 atom stereocenters. The number of hydrogen-bond acceptors (Lipinski definition) is 4. The van der Waals surface area contributed by atoms with Gasteiger partial charge in [-0.05, 0) is 19.9 Å². The third-order valence-corrected chi connectivity index (χ3v) is 0.980. The van der Waals surface area contributed by atoms with Gasteiger partial charge in [-0.15, -0.1) is 0 Å². The van der Waals surface area contributed by atoms with Gasteiger partial charge in [-0.1, -0.05) is 6.08 Å².